The fourth-order valence-corrected chi connectivity index (χ4v) is 3.91. The molecule has 0 unspecified atom stereocenters. The molecule has 1 amide bonds. The van der Waals surface area contributed by atoms with E-state index in [0.29, 0.717) is 37.1 Å². The van der Waals surface area contributed by atoms with Crippen LogP contribution in [0.3, 0.4) is 0 Å². The molecule has 0 N–H and O–H groups in total. The standard InChI is InChI=1S/C23H32N2O6/c1-23(2,3)30-22(26)25-11-7-16(8-12-25)15-28-21-20-18(5-4-6-19(20)31-24-21)29-17-9-13-27-14-10-17/h4-6,16-17H,7-15H2,1-3H3. The molecule has 2 aromatic rings. The molecule has 0 bridgehead atoms. The van der Waals surface area contributed by atoms with Crippen LogP contribution in [0.5, 0.6) is 11.6 Å². The number of hydrogen-bond donors (Lipinski definition) is 0. The molecule has 8 heteroatoms. The van der Waals surface area contributed by atoms with E-state index in [2.05, 4.69) is 5.16 Å². The number of hydrogen-bond acceptors (Lipinski definition) is 7. The summed E-state index contributed by atoms with van der Waals surface area (Å²) < 4.78 is 28.6. The first-order chi connectivity index (χ1) is 14.9. The van der Waals surface area contributed by atoms with Gasteiger partial charge in [0, 0.05) is 25.9 Å². The van der Waals surface area contributed by atoms with E-state index in [1.54, 1.807) is 4.90 Å². The fourth-order valence-electron chi connectivity index (χ4n) is 3.91. The van der Waals surface area contributed by atoms with Crippen molar-refractivity contribution in [3.63, 3.8) is 0 Å². The highest BCUT2D eigenvalue weighted by atomic mass is 16.6. The third-order valence-electron chi connectivity index (χ3n) is 5.61. The maximum absolute atomic E-state index is 12.2. The Morgan fingerprint density at radius 2 is 1.90 bits per heavy atom. The van der Waals surface area contributed by atoms with E-state index in [9.17, 15) is 4.79 Å². The summed E-state index contributed by atoms with van der Waals surface area (Å²) in [6.45, 7) is 8.94. The van der Waals surface area contributed by atoms with Gasteiger partial charge < -0.3 is 28.4 Å². The summed E-state index contributed by atoms with van der Waals surface area (Å²) in [7, 11) is 0. The second-order valence-electron chi connectivity index (χ2n) is 9.27. The maximum Gasteiger partial charge on any atom is 0.410 e. The molecule has 0 saturated carbocycles. The zero-order valence-electron chi connectivity index (χ0n) is 18.6. The molecule has 8 nitrogen and oxygen atoms in total. The minimum absolute atomic E-state index is 0.124. The molecule has 31 heavy (non-hydrogen) atoms. The van der Waals surface area contributed by atoms with Crippen molar-refractivity contribution in [2.24, 2.45) is 5.92 Å². The molecule has 3 heterocycles. The lowest BCUT2D eigenvalue weighted by Crippen LogP contribution is -2.42. The summed E-state index contributed by atoms with van der Waals surface area (Å²) in [6.07, 6.45) is 3.34. The van der Waals surface area contributed by atoms with E-state index in [4.69, 9.17) is 23.5 Å². The second-order valence-corrected chi connectivity index (χ2v) is 9.27. The van der Waals surface area contributed by atoms with Crippen molar-refractivity contribution in [3.05, 3.63) is 18.2 Å². The normalized spacial score (nSPS) is 18.9. The second kappa shape index (κ2) is 9.34. The summed E-state index contributed by atoms with van der Waals surface area (Å²) >= 11 is 0. The number of nitrogens with zero attached hydrogens (tertiary/aromatic N) is 2. The summed E-state index contributed by atoms with van der Waals surface area (Å²) in [5.41, 5.74) is 0.175. The Balaban J connectivity index is 1.34. The van der Waals surface area contributed by atoms with Gasteiger partial charge in [0.1, 0.15) is 22.8 Å². The van der Waals surface area contributed by atoms with Gasteiger partial charge in [-0.05, 0) is 56.8 Å². The lowest BCUT2D eigenvalue weighted by molar-refractivity contribution is 0.0163. The molecule has 1 aromatic heterocycles. The lowest BCUT2D eigenvalue weighted by Gasteiger charge is -2.33. The number of piperidine rings is 1. The van der Waals surface area contributed by atoms with Crippen LogP contribution in [0.15, 0.2) is 22.7 Å². The molecular weight excluding hydrogens is 400 g/mol. The van der Waals surface area contributed by atoms with Crippen molar-refractivity contribution >= 4 is 17.1 Å². The van der Waals surface area contributed by atoms with Gasteiger partial charge in [0.05, 0.1) is 19.8 Å². The zero-order valence-corrected chi connectivity index (χ0v) is 18.6. The monoisotopic (exact) mass is 432 g/mol. The molecule has 2 fully saturated rings. The minimum Gasteiger partial charge on any atom is -0.489 e. The van der Waals surface area contributed by atoms with Crippen molar-refractivity contribution in [2.45, 2.75) is 58.2 Å². The van der Waals surface area contributed by atoms with E-state index in [0.717, 1.165) is 50.0 Å². The van der Waals surface area contributed by atoms with E-state index >= 15 is 0 Å². The smallest absolute Gasteiger partial charge is 0.410 e. The van der Waals surface area contributed by atoms with Crippen molar-refractivity contribution in [2.75, 3.05) is 32.9 Å². The Morgan fingerprint density at radius 3 is 2.61 bits per heavy atom. The number of rotatable bonds is 5. The fraction of sp³-hybridized carbons (Fsp3) is 0.652. The first-order valence-corrected chi connectivity index (χ1v) is 11.1. The minimum atomic E-state index is -0.477. The van der Waals surface area contributed by atoms with Gasteiger partial charge in [-0.2, -0.15) is 0 Å². The Bertz CT molecular complexity index is 876. The van der Waals surface area contributed by atoms with Gasteiger partial charge in [-0.1, -0.05) is 6.07 Å². The maximum atomic E-state index is 12.2. The summed E-state index contributed by atoms with van der Waals surface area (Å²) in [5, 5.41) is 4.91. The van der Waals surface area contributed by atoms with Crippen LogP contribution in [-0.4, -0.2) is 60.8 Å². The molecule has 2 saturated heterocycles. The molecule has 170 valence electrons. The van der Waals surface area contributed by atoms with E-state index < -0.39 is 5.60 Å². The number of carbonyl (C=O) groups excluding carboxylic acids is 1. The largest absolute Gasteiger partial charge is 0.489 e. The predicted molar refractivity (Wildman–Crippen MR) is 115 cm³/mol. The van der Waals surface area contributed by atoms with Crippen LogP contribution in [0, 0.1) is 5.92 Å². The van der Waals surface area contributed by atoms with Gasteiger partial charge in [0.15, 0.2) is 5.58 Å². The Labute approximate surface area is 182 Å². The number of benzene rings is 1. The van der Waals surface area contributed by atoms with Crippen LogP contribution in [-0.2, 0) is 9.47 Å². The number of fused-ring (bicyclic) bond motifs is 1. The van der Waals surface area contributed by atoms with E-state index in [1.165, 1.54) is 0 Å². The van der Waals surface area contributed by atoms with Crippen LogP contribution in [0.2, 0.25) is 0 Å². The van der Waals surface area contributed by atoms with Crippen LogP contribution in [0.25, 0.3) is 11.0 Å². The molecule has 1 aromatic carbocycles. The molecular formula is C23H32N2O6. The third kappa shape index (κ3) is 5.61. The number of carbonyl (C=O) groups is 1. The van der Waals surface area contributed by atoms with E-state index in [1.807, 2.05) is 39.0 Å². The average Bonchev–Trinajstić information content (AvgIpc) is 3.16. The number of likely N-dealkylation sites (tertiary alicyclic amines) is 1. The van der Waals surface area contributed by atoms with Crippen LogP contribution >= 0.6 is 0 Å². The Morgan fingerprint density at radius 1 is 1.16 bits per heavy atom. The van der Waals surface area contributed by atoms with Crippen LogP contribution in [0.1, 0.15) is 46.5 Å². The Kier molecular flexibility index (Phi) is 6.55. The van der Waals surface area contributed by atoms with Crippen molar-refractivity contribution in [1.29, 1.82) is 0 Å². The van der Waals surface area contributed by atoms with Crippen molar-refractivity contribution in [1.82, 2.24) is 10.1 Å². The van der Waals surface area contributed by atoms with Gasteiger partial charge in [0.2, 0.25) is 0 Å². The zero-order chi connectivity index (χ0) is 21.8. The SMILES string of the molecule is CC(C)(C)OC(=O)N1CCC(COc2noc3cccc(OC4CCOCC4)c23)CC1. The van der Waals surface area contributed by atoms with E-state index in [-0.39, 0.29) is 12.2 Å². The first kappa shape index (κ1) is 21.7. The van der Waals surface area contributed by atoms with Crippen LogP contribution in [0.4, 0.5) is 4.79 Å². The third-order valence-corrected chi connectivity index (χ3v) is 5.61. The quantitative estimate of drug-likeness (QED) is 0.692. The highest BCUT2D eigenvalue weighted by molar-refractivity contribution is 5.88. The molecule has 2 aliphatic heterocycles. The predicted octanol–water partition coefficient (Wildman–Crippen LogP) is 4.41. The van der Waals surface area contributed by atoms with Gasteiger partial charge in [-0.3, -0.25) is 0 Å². The number of ether oxygens (including phenoxy) is 4. The summed E-state index contributed by atoms with van der Waals surface area (Å²) in [5.74, 6) is 1.54. The van der Waals surface area contributed by atoms with Gasteiger partial charge in [-0.15, -0.1) is 0 Å². The van der Waals surface area contributed by atoms with Gasteiger partial charge >= 0.3 is 6.09 Å². The van der Waals surface area contributed by atoms with Gasteiger partial charge in [0.25, 0.3) is 5.88 Å². The highest BCUT2D eigenvalue weighted by Gasteiger charge is 2.28. The summed E-state index contributed by atoms with van der Waals surface area (Å²) in [4.78, 5) is 14.0. The molecule has 0 aliphatic carbocycles. The molecule has 2 aliphatic rings. The van der Waals surface area contributed by atoms with Crippen LogP contribution < -0.4 is 9.47 Å². The molecule has 4 rings (SSSR count). The van der Waals surface area contributed by atoms with Crippen molar-refractivity contribution < 1.29 is 28.3 Å². The molecule has 0 atom stereocenters. The molecule has 0 spiro atoms. The number of amides is 1. The average molecular weight is 433 g/mol. The number of aromatic nitrogens is 1. The topological polar surface area (TPSA) is 83.3 Å². The summed E-state index contributed by atoms with van der Waals surface area (Å²) in [6, 6.07) is 5.70. The van der Waals surface area contributed by atoms with Crippen molar-refractivity contribution in [3.8, 4) is 11.6 Å². The Hall–Kier alpha value is -2.48. The highest BCUT2D eigenvalue weighted by Crippen LogP contribution is 2.35. The lowest BCUT2D eigenvalue weighted by atomic mass is 9.98. The van der Waals surface area contributed by atoms with Gasteiger partial charge in [-0.25, -0.2) is 4.79 Å². The first-order valence-electron chi connectivity index (χ1n) is 11.1. The molecule has 0 radical (unpaired) electrons.